The highest BCUT2D eigenvalue weighted by molar-refractivity contribution is 6.02. The molecule has 2 aliphatic heterocycles. The third kappa shape index (κ3) is 4.26. The van der Waals surface area contributed by atoms with Crippen LogP contribution in [0.2, 0.25) is 0 Å². The Morgan fingerprint density at radius 1 is 1.37 bits per heavy atom. The van der Waals surface area contributed by atoms with E-state index in [-0.39, 0.29) is 25.0 Å². The number of methoxy groups -OCH3 is 1. The lowest BCUT2D eigenvalue weighted by Gasteiger charge is -2.34. The van der Waals surface area contributed by atoms with E-state index in [9.17, 15) is 9.59 Å². The number of morpholine rings is 1. The second-order valence-electron chi connectivity index (χ2n) is 7.18. The maximum atomic E-state index is 13.0. The Bertz CT molecular complexity index is 932. The third-order valence-corrected chi connectivity index (χ3v) is 5.02. The van der Waals surface area contributed by atoms with Crippen molar-refractivity contribution in [3.63, 3.8) is 0 Å². The van der Waals surface area contributed by atoms with Crippen molar-refractivity contribution in [3.8, 4) is 5.75 Å². The van der Waals surface area contributed by atoms with Gasteiger partial charge in [0, 0.05) is 13.7 Å². The van der Waals surface area contributed by atoms with Crippen molar-refractivity contribution in [1.29, 1.82) is 0 Å². The topological polar surface area (TPSA) is 112 Å². The van der Waals surface area contributed by atoms with Crippen molar-refractivity contribution in [1.82, 2.24) is 25.1 Å². The minimum Gasteiger partial charge on any atom is -0.482 e. The summed E-state index contributed by atoms with van der Waals surface area (Å²) in [4.78, 5) is 30.0. The van der Waals surface area contributed by atoms with Gasteiger partial charge >= 0.3 is 0 Å². The fourth-order valence-electron chi connectivity index (χ4n) is 3.40. The lowest BCUT2D eigenvalue weighted by atomic mass is 10.1. The van der Waals surface area contributed by atoms with E-state index in [1.54, 1.807) is 12.0 Å². The van der Waals surface area contributed by atoms with Crippen LogP contribution in [-0.2, 0) is 25.6 Å². The summed E-state index contributed by atoms with van der Waals surface area (Å²) in [6.07, 6.45) is -0.464. The maximum Gasteiger partial charge on any atom is 0.265 e. The number of carbonyl (C=O) groups is 2. The number of amides is 2. The number of benzene rings is 1. The van der Waals surface area contributed by atoms with Gasteiger partial charge in [-0.15, -0.1) is 10.2 Å². The molecule has 1 aromatic carbocycles. The summed E-state index contributed by atoms with van der Waals surface area (Å²) >= 11 is 0. The van der Waals surface area contributed by atoms with Gasteiger partial charge in [-0.2, -0.15) is 4.80 Å². The molecule has 160 valence electrons. The monoisotopic (exact) mass is 416 g/mol. The first-order valence-electron chi connectivity index (χ1n) is 9.75. The van der Waals surface area contributed by atoms with E-state index in [1.165, 1.54) is 9.70 Å². The third-order valence-electron chi connectivity index (χ3n) is 5.02. The molecule has 0 saturated carbocycles. The number of anilines is 1. The molecule has 0 radical (unpaired) electrons. The van der Waals surface area contributed by atoms with Crippen LogP contribution < -0.4 is 9.64 Å². The minimum atomic E-state index is -0.464. The van der Waals surface area contributed by atoms with Gasteiger partial charge in [-0.25, -0.2) is 0 Å². The Hall–Kier alpha value is -3.05. The first-order chi connectivity index (χ1) is 14.5. The predicted octanol–water partition coefficient (Wildman–Crippen LogP) is -0.0466. The fourth-order valence-corrected chi connectivity index (χ4v) is 3.40. The number of rotatable bonds is 6. The SMILES string of the molecule is COCCn1nnc(C2CN(C(=O)CN3C(=O)COc4ccc(C)cc43)CCO2)n1. The first-order valence-corrected chi connectivity index (χ1v) is 9.75. The largest absolute Gasteiger partial charge is 0.482 e. The number of hydrogen-bond donors (Lipinski definition) is 0. The number of nitrogens with zero attached hydrogens (tertiary/aromatic N) is 6. The zero-order valence-corrected chi connectivity index (χ0v) is 17.0. The molecule has 11 heteroatoms. The van der Waals surface area contributed by atoms with Gasteiger partial charge in [-0.3, -0.25) is 14.5 Å². The van der Waals surface area contributed by atoms with Gasteiger partial charge in [-0.1, -0.05) is 6.07 Å². The molecule has 2 aromatic rings. The van der Waals surface area contributed by atoms with Crippen LogP contribution in [0.1, 0.15) is 17.5 Å². The number of ether oxygens (including phenoxy) is 3. The molecule has 1 unspecified atom stereocenters. The molecule has 1 atom stereocenters. The van der Waals surface area contributed by atoms with E-state index in [2.05, 4.69) is 15.4 Å². The summed E-state index contributed by atoms with van der Waals surface area (Å²) in [6, 6.07) is 5.58. The quantitative estimate of drug-likeness (QED) is 0.645. The van der Waals surface area contributed by atoms with E-state index >= 15 is 0 Å². The second-order valence-corrected chi connectivity index (χ2v) is 7.18. The molecule has 0 spiro atoms. The van der Waals surface area contributed by atoms with Crippen molar-refractivity contribution in [2.75, 3.05) is 51.5 Å². The van der Waals surface area contributed by atoms with Gasteiger partial charge in [-0.05, 0) is 29.8 Å². The molecule has 2 aliphatic rings. The number of aromatic nitrogens is 4. The normalized spacial score (nSPS) is 18.9. The second kappa shape index (κ2) is 8.76. The lowest BCUT2D eigenvalue weighted by molar-refractivity contribution is -0.139. The predicted molar refractivity (Wildman–Crippen MR) is 104 cm³/mol. The summed E-state index contributed by atoms with van der Waals surface area (Å²) in [5.74, 6) is 0.614. The Labute approximate surface area is 173 Å². The molecule has 1 saturated heterocycles. The van der Waals surface area contributed by atoms with Gasteiger partial charge in [0.05, 0.1) is 32.0 Å². The molecular formula is C19H24N6O5. The zero-order valence-electron chi connectivity index (χ0n) is 17.0. The summed E-state index contributed by atoms with van der Waals surface area (Å²) < 4.78 is 16.2. The molecule has 11 nitrogen and oxygen atoms in total. The Balaban J connectivity index is 1.43. The number of carbonyl (C=O) groups excluding carboxylic acids is 2. The summed E-state index contributed by atoms with van der Waals surface area (Å²) in [5.41, 5.74) is 1.60. The van der Waals surface area contributed by atoms with Crippen LogP contribution in [-0.4, -0.2) is 83.5 Å². The fraction of sp³-hybridized carbons (Fsp3) is 0.526. The average Bonchev–Trinajstić information content (AvgIpc) is 3.23. The van der Waals surface area contributed by atoms with Gasteiger partial charge in [0.2, 0.25) is 11.7 Å². The summed E-state index contributed by atoms with van der Waals surface area (Å²) in [7, 11) is 1.60. The van der Waals surface area contributed by atoms with Crippen LogP contribution in [0.5, 0.6) is 5.75 Å². The van der Waals surface area contributed by atoms with Crippen LogP contribution in [0, 0.1) is 6.92 Å². The Kier molecular flexibility index (Phi) is 5.91. The Morgan fingerprint density at radius 3 is 3.07 bits per heavy atom. The van der Waals surface area contributed by atoms with Gasteiger partial charge in [0.25, 0.3) is 5.91 Å². The van der Waals surface area contributed by atoms with Gasteiger partial charge in [0.15, 0.2) is 6.61 Å². The van der Waals surface area contributed by atoms with Crippen LogP contribution in [0.25, 0.3) is 0 Å². The highest BCUT2D eigenvalue weighted by atomic mass is 16.5. The van der Waals surface area contributed by atoms with Crippen molar-refractivity contribution >= 4 is 17.5 Å². The van der Waals surface area contributed by atoms with Crippen molar-refractivity contribution in [2.24, 2.45) is 0 Å². The number of hydrogen-bond acceptors (Lipinski definition) is 8. The van der Waals surface area contributed by atoms with E-state index < -0.39 is 6.10 Å². The molecule has 2 amide bonds. The maximum absolute atomic E-state index is 13.0. The van der Waals surface area contributed by atoms with Crippen molar-refractivity contribution in [2.45, 2.75) is 19.6 Å². The smallest absolute Gasteiger partial charge is 0.265 e. The summed E-state index contributed by atoms with van der Waals surface area (Å²) in [5, 5.41) is 12.3. The number of fused-ring (bicyclic) bond motifs is 1. The van der Waals surface area contributed by atoms with E-state index in [4.69, 9.17) is 14.2 Å². The van der Waals surface area contributed by atoms with E-state index in [1.807, 2.05) is 25.1 Å². The highest BCUT2D eigenvalue weighted by Crippen LogP contribution is 2.33. The number of aryl methyl sites for hydroxylation is 1. The van der Waals surface area contributed by atoms with Crippen molar-refractivity contribution < 1.29 is 23.8 Å². The van der Waals surface area contributed by atoms with Gasteiger partial charge in [0.1, 0.15) is 18.4 Å². The molecule has 3 heterocycles. The lowest BCUT2D eigenvalue weighted by Crippen LogP contribution is -2.50. The molecular weight excluding hydrogens is 392 g/mol. The molecule has 30 heavy (non-hydrogen) atoms. The summed E-state index contributed by atoms with van der Waals surface area (Å²) in [6.45, 7) is 3.84. The zero-order chi connectivity index (χ0) is 21.1. The standard InChI is InChI=1S/C19H24N6O5/c1-13-3-4-15-14(9-13)24(18(27)12-30-15)11-17(26)23-5-8-29-16(10-23)19-20-22-25(21-19)6-7-28-2/h3-4,9,16H,5-8,10-12H2,1-2H3. The molecule has 0 aliphatic carbocycles. The molecule has 4 rings (SSSR count). The molecule has 0 N–H and O–H groups in total. The minimum absolute atomic E-state index is 0.0562. The van der Waals surface area contributed by atoms with Crippen LogP contribution in [0.4, 0.5) is 5.69 Å². The first kappa shape index (κ1) is 20.2. The highest BCUT2D eigenvalue weighted by Gasteiger charge is 2.32. The van der Waals surface area contributed by atoms with Crippen LogP contribution in [0.3, 0.4) is 0 Å². The van der Waals surface area contributed by atoms with E-state index in [0.29, 0.717) is 50.1 Å². The molecule has 1 fully saturated rings. The van der Waals surface area contributed by atoms with Crippen molar-refractivity contribution in [3.05, 3.63) is 29.6 Å². The van der Waals surface area contributed by atoms with Gasteiger partial charge < -0.3 is 19.1 Å². The Morgan fingerprint density at radius 2 is 2.23 bits per heavy atom. The van der Waals surface area contributed by atoms with Crippen LogP contribution in [0.15, 0.2) is 18.2 Å². The molecule has 0 bridgehead atoms. The van der Waals surface area contributed by atoms with Crippen LogP contribution >= 0.6 is 0 Å². The van der Waals surface area contributed by atoms with E-state index in [0.717, 1.165) is 5.56 Å². The average molecular weight is 416 g/mol. The molecule has 1 aromatic heterocycles. The number of tetrazole rings is 1.